The molecule has 1 aromatic carbocycles. The van der Waals surface area contributed by atoms with Crippen LogP contribution in [0.2, 0.25) is 0 Å². The molecule has 0 aliphatic rings. The van der Waals surface area contributed by atoms with Crippen molar-refractivity contribution in [2.45, 2.75) is 16.7 Å². The van der Waals surface area contributed by atoms with Crippen LogP contribution in [0.15, 0.2) is 53.3 Å². The Hall–Kier alpha value is -3.10. The number of carboxylic acid groups (broad SMARTS) is 1. The molecule has 3 aromatic rings. The van der Waals surface area contributed by atoms with E-state index in [1.54, 1.807) is 36.9 Å². The Labute approximate surface area is 235 Å². The molecule has 11 nitrogen and oxygen atoms in total. The van der Waals surface area contributed by atoms with Crippen LogP contribution in [-0.4, -0.2) is 95.6 Å². The van der Waals surface area contributed by atoms with Gasteiger partial charge < -0.3 is 24.6 Å². The van der Waals surface area contributed by atoms with E-state index in [1.165, 1.54) is 23.5 Å². The van der Waals surface area contributed by atoms with Crippen molar-refractivity contribution < 1.29 is 28.9 Å². The summed E-state index contributed by atoms with van der Waals surface area (Å²) >= 11 is 2.92. The van der Waals surface area contributed by atoms with Crippen molar-refractivity contribution in [1.29, 1.82) is 0 Å². The van der Waals surface area contributed by atoms with Crippen molar-refractivity contribution in [2.24, 2.45) is 0 Å². The maximum absolute atomic E-state index is 13.0. The van der Waals surface area contributed by atoms with Crippen molar-refractivity contribution >= 4 is 35.4 Å². The molecule has 2 aromatic heterocycles. The fourth-order valence-corrected chi connectivity index (χ4v) is 3.91. The lowest BCUT2D eigenvalue weighted by atomic mass is 9.98. The molecular formula is C26H31N5O6S2. The van der Waals surface area contributed by atoms with Gasteiger partial charge in [-0.25, -0.2) is 19.9 Å². The normalized spacial score (nSPS) is 10.9. The number of amides is 1. The van der Waals surface area contributed by atoms with Crippen molar-refractivity contribution in [3.05, 3.63) is 48.5 Å². The van der Waals surface area contributed by atoms with Gasteiger partial charge in [0.15, 0.2) is 10.3 Å². The quantitative estimate of drug-likeness (QED) is 0.139. The number of ether oxygens (including phenoxy) is 3. The van der Waals surface area contributed by atoms with Crippen LogP contribution in [0.5, 0.6) is 0 Å². The fraction of sp³-hybridized carbons (Fsp3) is 0.385. The number of carbonyl (C=O) groups is 2. The maximum atomic E-state index is 13.0. The smallest absolute Gasteiger partial charge is 0.305 e. The molecule has 0 saturated carbocycles. The lowest BCUT2D eigenvalue weighted by Gasteiger charge is -2.11. The minimum Gasteiger partial charge on any atom is -0.481 e. The standard InChI is InChI=1S/C26H31N5O6S2/c1-38-25-28-14-21(15-29-25)18-11-19(22-16-30-26(39-2)31-17-22)13-20(12-18)24(34)27-4-6-36-8-10-37-9-7-35-5-3-23(32)33/h11-17H,3-10H2,1-2H3,(H,27,34)(H,32,33). The van der Waals surface area contributed by atoms with Crippen LogP contribution >= 0.6 is 23.5 Å². The zero-order valence-corrected chi connectivity index (χ0v) is 23.4. The number of aromatic nitrogens is 4. The minimum atomic E-state index is -0.893. The number of nitrogens with zero attached hydrogens (tertiary/aromatic N) is 4. The summed E-state index contributed by atoms with van der Waals surface area (Å²) in [5, 5.41) is 12.8. The van der Waals surface area contributed by atoms with Crippen LogP contribution in [0.3, 0.4) is 0 Å². The largest absolute Gasteiger partial charge is 0.481 e. The molecule has 39 heavy (non-hydrogen) atoms. The van der Waals surface area contributed by atoms with Gasteiger partial charge in [-0.05, 0) is 41.8 Å². The summed E-state index contributed by atoms with van der Waals surface area (Å²) in [6.45, 7) is 2.23. The molecule has 0 atom stereocenters. The predicted molar refractivity (Wildman–Crippen MR) is 149 cm³/mol. The second kappa shape index (κ2) is 16.8. The molecule has 2 N–H and O–H groups in total. The number of hydrogen-bond donors (Lipinski definition) is 2. The third-order valence-corrected chi connectivity index (χ3v) is 6.37. The van der Waals surface area contributed by atoms with Crippen LogP contribution in [0.25, 0.3) is 22.3 Å². The molecule has 0 aliphatic carbocycles. The summed E-state index contributed by atoms with van der Waals surface area (Å²) in [6, 6.07) is 5.58. The van der Waals surface area contributed by atoms with E-state index in [0.29, 0.717) is 55.5 Å². The van der Waals surface area contributed by atoms with Gasteiger partial charge in [0.25, 0.3) is 5.91 Å². The van der Waals surface area contributed by atoms with Gasteiger partial charge in [-0.1, -0.05) is 23.5 Å². The van der Waals surface area contributed by atoms with Gasteiger partial charge in [-0.3, -0.25) is 9.59 Å². The molecule has 13 heteroatoms. The average Bonchev–Trinajstić information content (AvgIpc) is 2.97. The highest BCUT2D eigenvalue weighted by atomic mass is 32.2. The number of thioether (sulfide) groups is 2. The van der Waals surface area contributed by atoms with Gasteiger partial charge in [-0.15, -0.1) is 0 Å². The molecule has 0 bridgehead atoms. The Morgan fingerprint density at radius 1 is 0.718 bits per heavy atom. The van der Waals surface area contributed by atoms with E-state index in [1.807, 2.05) is 18.6 Å². The highest BCUT2D eigenvalue weighted by Crippen LogP contribution is 2.28. The van der Waals surface area contributed by atoms with E-state index < -0.39 is 5.97 Å². The molecule has 0 spiro atoms. The molecule has 2 heterocycles. The molecule has 208 valence electrons. The SMILES string of the molecule is CSc1ncc(-c2cc(C(=O)NCCOCCOCCOCCC(=O)O)cc(-c3cnc(SC)nc3)c2)cn1. The first-order valence-corrected chi connectivity index (χ1v) is 14.6. The Kier molecular flexibility index (Phi) is 13.1. The summed E-state index contributed by atoms with van der Waals surface area (Å²) in [7, 11) is 0. The number of benzene rings is 1. The van der Waals surface area contributed by atoms with Crippen LogP contribution < -0.4 is 5.32 Å². The van der Waals surface area contributed by atoms with Gasteiger partial charge in [-0.2, -0.15) is 0 Å². The van der Waals surface area contributed by atoms with Crippen molar-refractivity contribution in [3.8, 4) is 22.3 Å². The number of rotatable bonds is 17. The first-order chi connectivity index (χ1) is 19.0. The number of carboxylic acids is 1. The average molecular weight is 574 g/mol. The lowest BCUT2D eigenvalue weighted by molar-refractivity contribution is -0.138. The first-order valence-electron chi connectivity index (χ1n) is 12.1. The number of hydrogen-bond acceptors (Lipinski definition) is 11. The molecule has 0 unspecified atom stereocenters. The molecule has 0 saturated heterocycles. The monoisotopic (exact) mass is 573 g/mol. The molecule has 0 radical (unpaired) electrons. The molecule has 0 aliphatic heterocycles. The van der Waals surface area contributed by atoms with Crippen LogP contribution in [-0.2, 0) is 19.0 Å². The summed E-state index contributed by atoms with van der Waals surface area (Å²) in [5.41, 5.74) is 3.68. The number of nitrogens with one attached hydrogen (secondary N) is 1. The Balaban J connectivity index is 1.54. The van der Waals surface area contributed by atoms with Gasteiger partial charge in [0.2, 0.25) is 0 Å². The van der Waals surface area contributed by atoms with Gasteiger partial charge >= 0.3 is 5.97 Å². The van der Waals surface area contributed by atoms with Crippen molar-refractivity contribution in [3.63, 3.8) is 0 Å². The molecular weight excluding hydrogens is 542 g/mol. The minimum absolute atomic E-state index is 0.0279. The van der Waals surface area contributed by atoms with Crippen LogP contribution in [0, 0.1) is 0 Å². The zero-order valence-electron chi connectivity index (χ0n) is 21.8. The summed E-state index contributed by atoms with van der Waals surface area (Å²) in [5.74, 6) is -1.13. The lowest BCUT2D eigenvalue weighted by Crippen LogP contribution is -2.27. The summed E-state index contributed by atoms with van der Waals surface area (Å²) < 4.78 is 16.0. The molecule has 1 amide bonds. The third kappa shape index (κ3) is 10.5. The van der Waals surface area contributed by atoms with Gasteiger partial charge in [0.05, 0.1) is 46.1 Å². The van der Waals surface area contributed by atoms with Crippen molar-refractivity contribution in [1.82, 2.24) is 25.3 Å². The van der Waals surface area contributed by atoms with Gasteiger partial charge in [0, 0.05) is 48.0 Å². The van der Waals surface area contributed by atoms with E-state index in [9.17, 15) is 9.59 Å². The summed E-state index contributed by atoms with van der Waals surface area (Å²) in [4.78, 5) is 40.8. The molecule has 0 fully saturated rings. The second-order valence-corrected chi connectivity index (χ2v) is 9.50. The predicted octanol–water partition coefficient (Wildman–Crippen LogP) is 3.30. The zero-order chi connectivity index (χ0) is 27.9. The van der Waals surface area contributed by atoms with E-state index >= 15 is 0 Å². The Morgan fingerprint density at radius 2 is 1.18 bits per heavy atom. The third-order valence-electron chi connectivity index (χ3n) is 5.22. The van der Waals surface area contributed by atoms with E-state index in [2.05, 4.69) is 25.3 Å². The van der Waals surface area contributed by atoms with E-state index in [0.717, 1.165) is 22.3 Å². The molecule has 3 rings (SSSR count). The topological polar surface area (TPSA) is 146 Å². The van der Waals surface area contributed by atoms with E-state index in [-0.39, 0.29) is 18.9 Å². The second-order valence-electron chi connectivity index (χ2n) is 7.95. The van der Waals surface area contributed by atoms with E-state index in [4.69, 9.17) is 19.3 Å². The maximum Gasteiger partial charge on any atom is 0.305 e. The van der Waals surface area contributed by atoms with Crippen molar-refractivity contribution in [2.75, 3.05) is 58.7 Å². The Bertz CT molecular complexity index is 1130. The number of aliphatic carboxylic acids is 1. The highest BCUT2D eigenvalue weighted by molar-refractivity contribution is 7.98. The van der Waals surface area contributed by atoms with Crippen LogP contribution in [0.4, 0.5) is 0 Å². The Morgan fingerprint density at radius 3 is 1.64 bits per heavy atom. The first kappa shape index (κ1) is 30.4. The van der Waals surface area contributed by atoms with Crippen LogP contribution in [0.1, 0.15) is 16.8 Å². The fourth-order valence-electron chi connectivity index (χ4n) is 3.27. The van der Waals surface area contributed by atoms with Gasteiger partial charge in [0.1, 0.15) is 0 Å². The highest BCUT2D eigenvalue weighted by Gasteiger charge is 2.12. The number of carbonyl (C=O) groups excluding carboxylic acids is 1. The summed E-state index contributed by atoms with van der Waals surface area (Å²) in [6.07, 6.45) is 10.8.